The SMILES string of the molecule is N=c1c2[nH]c(-c3ccc(Cl)cc3)nc2[nH]c(=O)n1N. The molecule has 0 atom stereocenters. The zero-order valence-electron chi connectivity index (χ0n) is 9.57. The minimum atomic E-state index is -0.591. The number of benzene rings is 1. The van der Waals surface area contributed by atoms with Crippen LogP contribution in [0.2, 0.25) is 5.02 Å². The molecule has 7 nitrogen and oxygen atoms in total. The summed E-state index contributed by atoms with van der Waals surface area (Å²) < 4.78 is 0.714. The van der Waals surface area contributed by atoms with E-state index in [2.05, 4.69) is 15.0 Å². The number of H-pyrrole nitrogens is 2. The van der Waals surface area contributed by atoms with Crippen LogP contribution in [0.4, 0.5) is 0 Å². The quantitative estimate of drug-likeness (QED) is 0.487. The van der Waals surface area contributed by atoms with Gasteiger partial charge in [-0.05, 0) is 24.3 Å². The topological polar surface area (TPSA) is 116 Å². The number of nitrogen functional groups attached to an aromatic ring is 1. The number of hydrogen-bond donors (Lipinski definition) is 4. The first kappa shape index (κ1) is 11.5. The molecule has 96 valence electrons. The van der Waals surface area contributed by atoms with Gasteiger partial charge in [-0.25, -0.2) is 9.78 Å². The number of nitrogens with one attached hydrogen (secondary N) is 3. The fourth-order valence-corrected chi connectivity index (χ4v) is 1.89. The molecule has 0 saturated carbocycles. The van der Waals surface area contributed by atoms with Crippen molar-refractivity contribution < 1.29 is 0 Å². The monoisotopic (exact) mass is 276 g/mol. The summed E-state index contributed by atoms with van der Waals surface area (Å²) in [6.45, 7) is 0. The third kappa shape index (κ3) is 1.80. The predicted octanol–water partition coefficient (Wildman–Crippen LogP) is 0.566. The van der Waals surface area contributed by atoms with Gasteiger partial charge in [0.1, 0.15) is 11.3 Å². The van der Waals surface area contributed by atoms with Gasteiger partial charge in [0.25, 0.3) is 0 Å². The van der Waals surface area contributed by atoms with Crippen LogP contribution in [0.3, 0.4) is 0 Å². The largest absolute Gasteiger partial charge is 0.347 e. The highest BCUT2D eigenvalue weighted by Crippen LogP contribution is 2.19. The third-order valence-electron chi connectivity index (χ3n) is 2.74. The van der Waals surface area contributed by atoms with E-state index < -0.39 is 5.69 Å². The van der Waals surface area contributed by atoms with Crippen molar-refractivity contribution in [3.8, 4) is 11.4 Å². The van der Waals surface area contributed by atoms with Crippen molar-refractivity contribution in [2.24, 2.45) is 0 Å². The molecule has 0 bridgehead atoms. The standard InChI is InChI=1S/C11H9ClN6O/c12-6-3-1-5(2-4-6)9-15-7-8(13)18(14)11(19)17-10(7)16-9/h1-4,13H,14H2,(H,15,16)(H,17,19). The van der Waals surface area contributed by atoms with Crippen LogP contribution in [0.25, 0.3) is 22.6 Å². The molecule has 0 radical (unpaired) electrons. The summed E-state index contributed by atoms with van der Waals surface area (Å²) in [7, 11) is 0. The molecule has 0 aliphatic carbocycles. The molecule has 2 aromatic heterocycles. The van der Waals surface area contributed by atoms with Gasteiger partial charge in [0, 0.05) is 10.6 Å². The number of aromatic nitrogens is 4. The Balaban J connectivity index is 2.28. The van der Waals surface area contributed by atoms with Crippen molar-refractivity contribution in [1.82, 2.24) is 19.6 Å². The number of fused-ring (bicyclic) bond motifs is 1. The number of hydrogen-bond acceptors (Lipinski definition) is 4. The zero-order valence-corrected chi connectivity index (χ0v) is 10.3. The molecule has 0 aliphatic rings. The molecule has 0 aliphatic heterocycles. The molecule has 3 rings (SSSR count). The molecular formula is C11H9ClN6O. The number of imidazole rings is 1. The van der Waals surface area contributed by atoms with Gasteiger partial charge in [-0.3, -0.25) is 10.4 Å². The first-order chi connectivity index (χ1) is 9.06. The van der Waals surface area contributed by atoms with Gasteiger partial charge in [-0.1, -0.05) is 11.6 Å². The van der Waals surface area contributed by atoms with Gasteiger partial charge in [0.15, 0.2) is 11.1 Å². The van der Waals surface area contributed by atoms with E-state index in [9.17, 15) is 4.79 Å². The van der Waals surface area contributed by atoms with E-state index in [1.54, 1.807) is 24.3 Å². The number of nitrogens with zero attached hydrogens (tertiary/aromatic N) is 2. The van der Waals surface area contributed by atoms with E-state index in [0.717, 1.165) is 5.56 Å². The summed E-state index contributed by atoms with van der Waals surface area (Å²) in [6, 6.07) is 7.05. The van der Waals surface area contributed by atoms with Gasteiger partial charge < -0.3 is 10.8 Å². The first-order valence-corrected chi connectivity index (χ1v) is 5.75. The summed E-state index contributed by atoms with van der Waals surface area (Å²) in [4.78, 5) is 21.1. The Hall–Kier alpha value is -2.54. The first-order valence-electron chi connectivity index (χ1n) is 5.37. The maximum absolute atomic E-state index is 11.4. The highest BCUT2D eigenvalue weighted by atomic mass is 35.5. The van der Waals surface area contributed by atoms with Crippen LogP contribution in [0, 0.1) is 5.41 Å². The molecular weight excluding hydrogens is 268 g/mol. The molecule has 8 heteroatoms. The Labute approximate surface area is 111 Å². The summed E-state index contributed by atoms with van der Waals surface area (Å²) in [5, 5.41) is 8.38. The Morgan fingerprint density at radius 3 is 2.63 bits per heavy atom. The maximum atomic E-state index is 11.4. The highest BCUT2D eigenvalue weighted by molar-refractivity contribution is 6.30. The predicted molar refractivity (Wildman–Crippen MR) is 71.2 cm³/mol. The van der Waals surface area contributed by atoms with Crippen molar-refractivity contribution in [3.05, 3.63) is 45.3 Å². The van der Waals surface area contributed by atoms with E-state index in [4.69, 9.17) is 22.9 Å². The third-order valence-corrected chi connectivity index (χ3v) is 3.00. The molecule has 2 heterocycles. The van der Waals surface area contributed by atoms with Crippen LogP contribution in [0.15, 0.2) is 29.1 Å². The molecule has 0 unspecified atom stereocenters. The van der Waals surface area contributed by atoms with Crippen LogP contribution in [0.5, 0.6) is 0 Å². The van der Waals surface area contributed by atoms with E-state index in [1.807, 2.05) is 0 Å². The molecule has 0 amide bonds. The maximum Gasteiger partial charge on any atom is 0.347 e. The number of halogens is 1. The average molecular weight is 277 g/mol. The molecule has 0 spiro atoms. The van der Waals surface area contributed by atoms with Crippen molar-refractivity contribution >= 4 is 22.8 Å². The second-order valence-corrected chi connectivity index (χ2v) is 4.40. The molecule has 0 fully saturated rings. The van der Waals surface area contributed by atoms with Gasteiger partial charge in [-0.2, -0.15) is 4.68 Å². The normalized spacial score (nSPS) is 11.0. The summed E-state index contributed by atoms with van der Waals surface area (Å²) in [6.07, 6.45) is 0. The summed E-state index contributed by atoms with van der Waals surface area (Å²) in [5.74, 6) is 5.97. The van der Waals surface area contributed by atoms with E-state index in [-0.39, 0.29) is 5.49 Å². The fourth-order valence-electron chi connectivity index (χ4n) is 1.76. The van der Waals surface area contributed by atoms with Crippen LogP contribution >= 0.6 is 11.6 Å². The number of aromatic amines is 2. The second kappa shape index (κ2) is 3.99. The Bertz CT molecular complexity index is 873. The van der Waals surface area contributed by atoms with E-state index in [1.165, 1.54) is 0 Å². The lowest BCUT2D eigenvalue weighted by Crippen LogP contribution is -2.40. The highest BCUT2D eigenvalue weighted by Gasteiger charge is 2.09. The smallest absolute Gasteiger partial charge is 0.334 e. The lowest BCUT2D eigenvalue weighted by atomic mass is 10.2. The Kier molecular flexibility index (Phi) is 2.42. The van der Waals surface area contributed by atoms with Gasteiger partial charge in [0.05, 0.1) is 0 Å². The second-order valence-electron chi connectivity index (χ2n) is 3.96. The van der Waals surface area contributed by atoms with Gasteiger partial charge in [0.2, 0.25) is 0 Å². The molecule has 0 saturated heterocycles. The van der Waals surface area contributed by atoms with Crippen molar-refractivity contribution in [3.63, 3.8) is 0 Å². The fraction of sp³-hybridized carbons (Fsp3) is 0. The van der Waals surface area contributed by atoms with Crippen LogP contribution < -0.4 is 17.0 Å². The van der Waals surface area contributed by atoms with Crippen LogP contribution in [0.1, 0.15) is 0 Å². The van der Waals surface area contributed by atoms with Crippen LogP contribution in [-0.2, 0) is 0 Å². The number of rotatable bonds is 1. The van der Waals surface area contributed by atoms with Crippen LogP contribution in [-0.4, -0.2) is 19.6 Å². The molecule has 1 aromatic carbocycles. The summed E-state index contributed by atoms with van der Waals surface area (Å²) in [5.41, 5.74) is 0.733. The van der Waals surface area contributed by atoms with Crippen molar-refractivity contribution in [2.75, 3.05) is 5.84 Å². The minimum absolute atomic E-state index is 0.133. The zero-order chi connectivity index (χ0) is 13.6. The Morgan fingerprint density at radius 1 is 1.26 bits per heavy atom. The lowest BCUT2D eigenvalue weighted by Gasteiger charge is -1.96. The van der Waals surface area contributed by atoms with E-state index >= 15 is 0 Å². The van der Waals surface area contributed by atoms with Gasteiger partial charge >= 0.3 is 5.69 Å². The Morgan fingerprint density at radius 2 is 1.95 bits per heavy atom. The number of nitrogens with two attached hydrogens (primary N) is 1. The van der Waals surface area contributed by atoms with E-state index in [0.29, 0.717) is 26.7 Å². The minimum Gasteiger partial charge on any atom is -0.334 e. The average Bonchev–Trinajstić information content (AvgIpc) is 2.81. The lowest BCUT2D eigenvalue weighted by molar-refractivity contribution is 0.815. The van der Waals surface area contributed by atoms with Crippen molar-refractivity contribution in [2.45, 2.75) is 0 Å². The molecule has 19 heavy (non-hydrogen) atoms. The van der Waals surface area contributed by atoms with Gasteiger partial charge in [-0.15, -0.1) is 0 Å². The summed E-state index contributed by atoms with van der Waals surface area (Å²) >= 11 is 5.82. The molecule has 5 N–H and O–H groups in total. The van der Waals surface area contributed by atoms with Crippen molar-refractivity contribution in [1.29, 1.82) is 5.41 Å². The molecule has 3 aromatic rings.